The fraction of sp³-hybridized carbons (Fsp3) is 0.438. The summed E-state index contributed by atoms with van der Waals surface area (Å²) in [7, 11) is 1.55. The molecule has 1 aliphatic heterocycles. The number of hydrogen-bond acceptors (Lipinski definition) is 4. The molecule has 1 heterocycles. The summed E-state index contributed by atoms with van der Waals surface area (Å²) in [6, 6.07) is 5.42. The van der Waals surface area contributed by atoms with Crippen LogP contribution < -0.4 is 10.1 Å². The van der Waals surface area contributed by atoms with E-state index < -0.39 is 0 Å². The van der Waals surface area contributed by atoms with Crippen LogP contribution in [0.3, 0.4) is 0 Å². The molecule has 21 heavy (non-hydrogen) atoms. The van der Waals surface area contributed by atoms with Crippen LogP contribution in [-0.2, 0) is 0 Å². The van der Waals surface area contributed by atoms with Crippen LogP contribution in [0.2, 0.25) is 0 Å². The van der Waals surface area contributed by atoms with E-state index in [0.29, 0.717) is 16.9 Å². The van der Waals surface area contributed by atoms with Gasteiger partial charge in [-0.15, -0.1) is 0 Å². The van der Waals surface area contributed by atoms with Crippen molar-refractivity contribution in [2.45, 2.75) is 18.9 Å². The zero-order valence-electron chi connectivity index (χ0n) is 12.0. The summed E-state index contributed by atoms with van der Waals surface area (Å²) in [4.78, 5) is 12.3. The molecule has 112 valence electrons. The molecule has 5 heteroatoms. The summed E-state index contributed by atoms with van der Waals surface area (Å²) >= 11 is 1.93. The van der Waals surface area contributed by atoms with Crippen molar-refractivity contribution in [2.75, 3.05) is 25.2 Å². The van der Waals surface area contributed by atoms with E-state index in [1.807, 2.05) is 11.8 Å². The van der Waals surface area contributed by atoms with Crippen molar-refractivity contribution in [3.05, 3.63) is 29.3 Å². The first-order chi connectivity index (χ1) is 10.2. The second kappa shape index (κ2) is 7.96. The minimum Gasteiger partial charge on any atom is -0.495 e. The molecule has 1 aromatic rings. The minimum atomic E-state index is -0.223. The van der Waals surface area contributed by atoms with Crippen LogP contribution in [0.25, 0.3) is 0 Å². The van der Waals surface area contributed by atoms with Crippen LogP contribution in [-0.4, -0.2) is 42.3 Å². The second-order valence-electron chi connectivity index (χ2n) is 4.74. The number of thioether (sulfide) groups is 1. The molecule has 0 atom stereocenters. The smallest absolute Gasteiger partial charge is 0.251 e. The maximum Gasteiger partial charge on any atom is 0.251 e. The third-order valence-electron chi connectivity index (χ3n) is 3.32. The molecule has 0 aliphatic carbocycles. The lowest BCUT2D eigenvalue weighted by Gasteiger charge is -2.22. The predicted molar refractivity (Wildman–Crippen MR) is 84.8 cm³/mol. The Bertz CT molecular complexity index is 556. The SMILES string of the molecule is COc1ccc(C(=O)NC2CCSCC2)cc1C#CCO. The van der Waals surface area contributed by atoms with Gasteiger partial charge >= 0.3 is 0 Å². The Morgan fingerprint density at radius 2 is 2.24 bits per heavy atom. The van der Waals surface area contributed by atoms with Crippen LogP contribution in [0.1, 0.15) is 28.8 Å². The van der Waals surface area contributed by atoms with E-state index in [9.17, 15) is 4.79 Å². The summed E-state index contributed by atoms with van der Waals surface area (Å²) < 4.78 is 5.21. The van der Waals surface area contributed by atoms with E-state index in [-0.39, 0.29) is 18.6 Å². The molecule has 1 saturated heterocycles. The van der Waals surface area contributed by atoms with Gasteiger partial charge in [-0.2, -0.15) is 11.8 Å². The number of benzene rings is 1. The van der Waals surface area contributed by atoms with E-state index in [4.69, 9.17) is 9.84 Å². The summed E-state index contributed by atoms with van der Waals surface area (Å²) in [5, 5.41) is 11.9. The third kappa shape index (κ3) is 4.42. The molecule has 0 radical (unpaired) electrons. The lowest BCUT2D eigenvalue weighted by atomic mass is 10.1. The van der Waals surface area contributed by atoms with Crippen molar-refractivity contribution in [1.82, 2.24) is 5.32 Å². The van der Waals surface area contributed by atoms with Crippen LogP contribution in [0.4, 0.5) is 0 Å². The average molecular weight is 305 g/mol. The Morgan fingerprint density at radius 3 is 2.90 bits per heavy atom. The molecule has 0 bridgehead atoms. The summed E-state index contributed by atoms with van der Waals surface area (Å²) in [6.45, 7) is -0.223. The van der Waals surface area contributed by atoms with Crippen molar-refractivity contribution in [1.29, 1.82) is 0 Å². The van der Waals surface area contributed by atoms with Gasteiger partial charge in [0.25, 0.3) is 5.91 Å². The number of aliphatic hydroxyl groups is 1. The Kier molecular flexibility index (Phi) is 5.97. The largest absolute Gasteiger partial charge is 0.495 e. The highest BCUT2D eigenvalue weighted by atomic mass is 32.2. The Morgan fingerprint density at radius 1 is 1.48 bits per heavy atom. The van der Waals surface area contributed by atoms with Crippen molar-refractivity contribution in [3.8, 4) is 17.6 Å². The number of aliphatic hydroxyl groups excluding tert-OH is 1. The molecule has 4 nitrogen and oxygen atoms in total. The zero-order valence-corrected chi connectivity index (χ0v) is 12.8. The summed E-state index contributed by atoms with van der Waals surface area (Å²) in [6.07, 6.45) is 2.04. The maximum absolute atomic E-state index is 12.3. The molecule has 0 spiro atoms. The van der Waals surface area contributed by atoms with E-state index in [1.165, 1.54) is 0 Å². The molecule has 2 rings (SSSR count). The van der Waals surface area contributed by atoms with Crippen LogP contribution >= 0.6 is 11.8 Å². The zero-order chi connectivity index (χ0) is 15.1. The van der Waals surface area contributed by atoms with Gasteiger partial charge in [0, 0.05) is 11.6 Å². The number of amides is 1. The molecular formula is C16H19NO3S. The predicted octanol–water partition coefficient (Wildman–Crippen LogP) is 1.66. The number of carbonyl (C=O) groups excluding carboxylic acids is 1. The van der Waals surface area contributed by atoms with Gasteiger partial charge in [-0.05, 0) is 42.5 Å². The monoisotopic (exact) mass is 305 g/mol. The van der Waals surface area contributed by atoms with E-state index in [1.54, 1.807) is 25.3 Å². The highest BCUT2D eigenvalue weighted by Crippen LogP contribution is 2.20. The average Bonchev–Trinajstić information content (AvgIpc) is 2.53. The first kappa shape index (κ1) is 15.7. The number of carbonyl (C=O) groups is 1. The first-order valence-corrected chi connectivity index (χ1v) is 8.06. The third-order valence-corrected chi connectivity index (χ3v) is 4.37. The number of hydrogen-bond donors (Lipinski definition) is 2. The van der Waals surface area contributed by atoms with Crippen molar-refractivity contribution in [3.63, 3.8) is 0 Å². The Hall–Kier alpha value is -1.64. The molecular weight excluding hydrogens is 286 g/mol. The topological polar surface area (TPSA) is 58.6 Å². The highest BCUT2D eigenvalue weighted by molar-refractivity contribution is 7.99. The first-order valence-electron chi connectivity index (χ1n) is 6.91. The summed E-state index contributed by atoms with van der Waals surface area (Å²) in [5.41, 5.74) is 1.18. The van der Waals surface area contributed by atoms with Gasteiger partial charge in [-0.1, -0.05) is 11.8 Å². The second-order valence-corrected chi connectivity index (χ2v) is 5.96. The fourth-order valence-electron chi connectivity index (χ4n) is 2.19. The quantitative estimate of drug-likeness (QED) is 0.834. The molecule has 1 fully saturated rings. The van der Waals surface area contributed by atoms with Gasteiger partial charge < -0.3 is 15.2 Å². The van der Waals surface area contributed by atoms with Crippen LogP contribution in [0, 0.1) is 11.8 Å². The Balaban J connectivity index is 2.13. The number of rotatable bonds is 3. The normalized spacial score (nSPS) is 15.0. The molecule has 0 aromatic heterocycles. The maximum atomic E-state index is 12.3. The van der Waals surface area contributed by atoms with Crippen molar-refractivity contribution < 1.29 is 14.6 Å². The molecule has 1 aliphatic rings. The van der Waals surface area contributed by atoms with E-state index in [0.717, 1.165) is 24.3 Å². The molecule has 1 aromatic carbocycles. The van der Waals surface area contributed by atoms with Crippen LogP contribution in [0.15, 0.2) is 18.2 Å². The van der Waals surface area contributed by atoms with Gasteiger partial charge in [-0.3, -0.25) is 4.79 Å². The molecule has 1 amide bonds. The Labute approximate surface area is 129 Å². The molecule has 0 saturated carbocycles. The van der Waals surface area contributed by atoms with Gasteiger partial charge in [0.15, 0.2) is 0 Å². The molecule has 2 N–H and O–H groups in total. The number of nitrogens with one attached hydrogen (secondary N) is 1. The standard InChI is InChI=1S/C16H19NO3S/c1-20-15-5-4-13(11-12(15)3-2-8-18)16(19)17-14-6-9-21-10-7-14/h4-5,11,14,18H,6-10H2,1H3,(H,17,19). The van der Waals surface area contributed by atoms with Gasteiger partial charge in [0.1, 0.15) is 12.4 Å². The van der Waals surface area contributed by atoms with Gasteiger partial charge in [0.2, 0.25) is 0 Å². The summed E-state index contributed by atoms with van der Waals surface area (Å²) in [5.74, 6) is 8.10. The lowest BCUT2D eigenvalue weighted by Crippen LogP contribution is -2.37. The van der Waals surface area contributed by atoms with Crippen LogP contribution in [0.5, 0.6) is 5.75 Å². The highest BCUT2D eigenvalue weighted by Gasteiger charge is 2.17. The van der Waals surface area contributed by atoms with E-state index in [2.05, 4.69) is 17.2 Å². The number of methoxy groups -OCH3 is 1. The lowest BCUT2D eigenvalue weighted by molar-refractivity contribution is 0.0935. The fourth-order valence-corrected chi connectivity index (χ4v) is 3.30. The van der Waals surface area contributed by atoms with Crippen molar-refractivity contribution in [2.24, 2.45) is 0 Å². The van der Waals surface area contributed by atoms with Gasteiger partial charge in [0.05, 0.1) is 12.7 Å². The van der Waals surface area contributed by atoms with Crippen molar-refractivity contribution >= 4 is 17.7 Å². The minimum absolute atomic E-state index is 0.0819. The molecule has 0 unspecified atom stereocenters. The number of ether oxygens (including phenoxy) is 1. The van der Waals surface area contributed by atoms with Gasteiger partial charge in [-0.25, -0.2) is 0 Å². The van der Waals surface area contributed by atoms with E-state index >= 15 is 0 Å².